The Labute approximate surface area is 148 Å². The van der Waals surface area contributed by atoms with E-state index in [9.17, 15) is 21.6 Å². The molecule has 6 nitrogen and oxygen atoms in total. The third kappa shape index (κ3) is 3.66. The first-order valence-corrected chi connectivity index (χ1v) is 8.84. The van der Waals surface area contributed by atoms with E-state index in [0.717, 1.165) is 13.2 Å². The average molecular weight is 426 g/mol. The Hall–Kier alpha value is -1.36. The van der Waals surface area contributed by atoms with Gasteiger partial charge in [-0.2, -0.15) is 8.78 Å². The number of halogens is 6. The molecule has 0 N–H and O–H groups in total. The minimum atomic E-state index is -4.31. The quantitative estimate of drug-likeness (QED) is 0.685. The van der Waals surface area contributed by atoms with Crippen LogP contribution in [0.3, 0.4) is 0 Å². The maximum atomic E-state index is 14.1. The third-order valence-electron chi connectivity index (χ3n) is 2.67. The van der Waals surface area contributed by atoms with Crippen molar-refractivity contribution in [1.82, 2.24) is 9.94 Å². The van der Waals surface area contributed by atoms with Crippen LogP contribution in [0.5, 0.6) is 5.88 Å². The zero-order chi connectivity index (χ0) is 18.2. The van der Waals surface area contributed by atoms with Crippen LogP contribution in [0.1, 0.15) is 0 Å². The summed E-state index contributed by atoms with van der Waals surface area (Å²) in [5.74, 6) is -1.72. The van der Waals surface area contributed by atoms with Gasteiger partial charge in [0.2, 0.25) is 0 Å². The lowest BCUT2D eigenvalue weighted by molar-refractivity contribution is -0.0665. The molecule has 0 atom stereocenters. The van der Waals surface area contributed by atoms with Crippen molar-refractivity contribution in [3.8, 4) is 17.1 Å². The fourth-order valence-corrected chi connectivity index (χ4v) is 3.50. The second-order valence-electron chi connectivity index (χ2n) is 4.10. The molecule has 1 aromatic heterocycles. The molecule has 0 radical (unpaired) electrons. The monoisotopic (exact) mass is 424 g/mol. The van der Waals surface area contributed by atoms with Gasteiger partial charge in [-0.1, -0.05) is 28.0 Å². The molecule has 13 heteroatoms. The topological polar surface area (TPSA) is 70.4 Å². The number of benzene rings is 1. The highest BCUT2D eigenvalue weighted by atomic mass is 35.7. The van der Waals surface area contributed by atoms with Crippen LogP contribution in [0.15, 0.2) is 17.0 Å². The molecule has 24 heavy (non-hydrogen) atoms. The van der Waals surface area contributed by atoms with Crippen LogP contribution >= 0.6 is 33.9 Å². The molecule has 0 aliphatic rings. The van der Waals surface area contributed by atoms with E-state index in [1.807, 2.05) is 0 Å². The van der Waals surface area contributed by atoms with Gasteiger partial charge < -0.3 is 9.57 Å². The predicted octanol–water partition coefficient (Wildman–Crippen LogP) is 3.58. The summed E-state index contributed by atoms with van der Waals surface area (Å²) in [5.41, 5.74) is -0.872. The molecule has 0 aliphatic carbocycles. The van der Waals surface area contributed by atoms with Gasteiger partial charge in [-0.3, -0.25) is 0 Å². The van der Waals surface area contributed by atoms with Gasteiger partial charge in [0.1, 0.15) is 28.5 Å². The van der Waals surface area contributed by atoms with Crippen molar-refractivity contribution in [1.29, 1.82) is 0 Å². The highest BCUT2D eigenvalue weighted by Gasteiger charge is 2.27. The summed E-state index contributed by atoms with van der Waals surface area (Å²) in [7, 11) is 1.97. The fourth-order valence-electron chi connectivity index (χ4n) is 1.74. The van der Waals surface area contributed by atoms with Gasteiger partial charge in [0, 0.05) is 16.2 Å². The average Bonchev–Trinajstić information content (AvgIpc) is 2.74. The first-order chi connectivity index (χ1) is 11.1. The second-order valence-corrected chi connectivity index (χ2v) is 7.42. The van der Waals surface area contributed by atoms with E-state index in [1.165, 1.54) is 0 Å². The van der Waals surface area contributed by atoms with E-state index in [4.69, 9.17) is 33.9 Å². The van der Waals surface area contributed by atoms with Gasteiger partial charge in [0.05, 0.1) is 5.02 Å². The Morgan fingerprint density at radius 2 is 1.92 bits per heavy atom. The minimum absolute atomic E-state index is 0.412. The van der Waals surface area contributed by atoms with Gasteiger partial charge in [-0.25, -0.2) is 12.8 Å². The molecular weight excluding hydrogens is 420 g/mol. The van der Waals surface area contributed by atoms with Crippen LogP contribution in [0, 0.1) is 5.82 Å². The molecule has 0 spiro atoms. The van der Waals surface area contributed by atoms with Crippen LogP contribution in [0.2, 0.25) is 10.0 Å². The second kappa shape index (κ2) is 6.87. The number of ether oxygens (including phenoxy) is 1. The van der Waals surface area contributed by atoms with Crippen LogP contribution in [0.25, 0.3) is 11.3 Å². The molecule has 0 fully saturated rings. The normalized spacial score (nSPS) is 11.8. The summed E-state index contributed by atoms with van der Waals surface area (Å²) in [5, 5.41) is 2.64. The van der Waals surface area contributed by atoms with Crippen LogP contribution in [0.4, 0.5) is 13.2 Å². The van der Waals surface area contributed by atoms with E-state index < -0.39 is 53.6 Å². The van der Waals surface area contributed by atoms with E-state index >= 15 is 0 Å². The lowest BCUT2D eigenvalue weighted by Crippen LogP contribution is -2.13. The number of rotatable bonds is 5. The number of hydrogen-bond donors (Lipinski definition) is 0. The largest absolute Gasteiger partial charge is 0.412 e. The highest BCUT2D eigenvalue weighted by molar-refractivity contribution is 8.13. The minimum Gasteiger partial charge on any atom is -0.412 e. The maximum absolute atomic E-state index is 14.1. The number of nitrogens with zero attached hydrogens (tertiary/aromatic N) is 2. The molecule has 1 heterocycles. The van der Waals surface area contributed by atoms with E-state index in [1.54, 1.807) is 0 Å². The zero-order valence-corrected chi connectivity index (χ0v) is 14.5. The number of aromatic nitrogens is 2. The summed E-state index contributed by atoms with van der Waals surface area (Å²) in [6, 6.07) is 1.43. The standard InChI is InChI=1S/C11H6Cl3F3N2O4S/c1-22-19-10(23-11(16)17)8(13)9(18-19)4-2-7(24(14,20)21)5(12)3-6(4)15/h2-3,11H,1H3. The van der Waals surface area contributed by atoms with Gasteiger partial charge in [0.25, 0.3) is 14.9 Å². The third-order valence-corrected chi connectivity index (χ3v) is 4.80. The van der Waals surface area contributed by atoms with Crippen molar-refractivity contribution in [3.05, 3.63) is 28.0 Å². The molecule has 132 valence electrons. The van der Waals surface area contributed by atoms with Crippen molar-refractivity contribution < 1.29 is 31.2 Å². The zero-order valence-electron chi connectivity index (χ0n) is 11.4. The Morgan fingerprint density at radius 3 is 2.42 bits per heavy atom. The molecule has 1 aromatic carbocycles. The SMILES string of the molecule is COn1nc(-c2cc(S(=O)(=O)Cl)c(Cl)cc2F)c(Cl)c1OC(F)F. The Balaban J connectivity index is 2.71. The van der Waals surface area contributed by atoms with Crippen molar-refractivity contribution in [3.63, 3.8) is 0 Å². The fraction of sp³-hybridized carbons (Fsp3) is 0.182. The van der Waals surface area contributed by atoms with Crippen molar-refractivity contribution in [2.75, 3.05) is 7.11 Å². The van der Waals surface area contributed by atoms with Crippen molar-refractivity contribution in [2.24, 2.45) is 0 Å². The lowest BCUT2D eigenvalue weighted by atomic mass is 10.1. The maximum Gasteiger partial charge on any atom is 0.388 e. The van der Waals surface area contributed by atoms with E-state index in [0.29, 0.717) is 10.9 Å². The van der Waals surface area contributed by atoms with Crippen molar-refractivity contribution in [2.45, 2.75) is 11.5 Å². The summed E-state index contributed by atoms with van der Waals surface area (Å²) in [4.78, 5) is 4.53. The molecule has 0 saturated heterocycles. The molecule has 2 rings (SSSR count). The van der Waals surface area contributed by atoms with Crippen LogP contribution in [-0.4, -0.2) is 32.1 Å². The van der Waals surface area contributed by atoms with Gasteiger partial charge in [-0.05, 0) is 12.1 Å². The molecule has 0 bridgehead atoms. The van der Waals surface area contributed by atoms with Crippen LogP contribution < -0.4 is 9.57 Å². The molecule has 0 saturated carbocycles. The molecule has 0 aliphatic heterocycles. The molecular formula is C11H6Cl3F3N2O4S. The Kier molecular flexibility index (Phi) is 5.43. The van der Waals surface area contributed by atoms with E-state index in [2.05, 4.69) is 14.7 Å². The Bertz CT molecular complexity index is 889. The molecule has 0 unspecified atom stereocenters. The first kappa shape index (κ1) is 19.0. The van der Waals surface area contributed by atoms with Crippen molar-refractivity contribution >= 4 is 42.9 Å². The number of hydrogen-bond acceptors (Lipinski definition) is 5. The van der Waals surface area contributed by atoms with Gasteiger partial charge >= 0.3 is 6.61 Å². The van der Waals surface area contributed by atoms with E-state index in [-0.39, 0.29) is 0 Å². The van der Waals surface area contributed by atoms with Gasteiger partial charge in [0.15, 0.2) is 0 Å². The summed E-state index contributed by atoms with van der Waals surface area (Å²) in [6.07, 6.45) is 0. The summed E-state index contributed by atoms with van der Waals surface area (Å²) in [6.45, 7) is -3.25. The Morgan fingerprint density at radius 1 is 1.29 bits per heavy atom. The van der Waals surface area contributed by atoms with Gasteiger partial charge in [-0.15, -0.1) is 5.10 Å². The molecule has 0 amide bonds. The smallest absolute Gasteiger partial charge is 0.388 e. The van der Waals surface area contributed by atoms with Crippen LogP contribution in [-0.2, 0) is 9.05 Å². The number of alkyl halides is 2. The summed E-state index contributed by atoms with van der Waals surface area (Å²) < 4.78 is 66.0. The first-order valence-electron chi connectivity index (χ1n) is 5.78. The highest BCUT2D eigenvalue weighted by Crippen LogP contribution is 2.39. The summed E-state index contributed by atoms with van der Waals surface area (Å²) >= 11 is 11.5. The molecule has 2 aromatic rings. The predicted molar refractivity (Wildman–Crippen MR) is 79.8 cm³/mol. The lowest BCUT2D eigenvalue weighted by Gasteiger charge is -2.06.